The molecule has 3 aromatic rings. The Kier molecular flexibility index (Phi) is 4.50. The molecular formula is C22H21ClN2O5. The van der Waals surface area contributed by atoms with E-state index in [1.165, 1.54) is 0 Å². The van der Waals surface area contributed by atoms with Gasteiger partial charge < -0.3 is 23.5 Å². The van der Waals surface area contributed by atoms with Crippen LogP contribution < -0.4 is 19.1 Å². The molecule has 0 amide bonds. The van der Waals surface area contributed by atoms with Crippen LogP contribution in [0.1, 0.15) is 29.6 Å². The number of piperidine rings is 1. The second kappa shape index (κ2) is 7.09. The molecule has 0 aliphatic carbocycles. The van der Waals surface area contributed by atoms with Crippen molar-refractivity contribution in [1.82, 2.24) is 4.98 Å². The van der Waals surface area contributed by atoms with Crippen LogP contribution in [0.4, 0.5) is 6.01 Å². The Hall–Kier alpha value is -2.93. The van der Waals surface area contributed by atoms with Gasteiger partial charge in [0.15, 0.2) is 11.4 Å². The smallest absolute Gasteiger partial charge is 0.298 e. The fraction of sp³-hybridized carbons (Fsp3) is 0.364. The highest BCUT2D eigenvalue weighted by Gasteiger charge is 2.44. The average Bonchev–Trinajstić information content (AvgIpc) is 3.16. The number of hydrogen-bond acceptors (Lipinski definition) is 7. The first-order valence-corrected chi connectivity index (χ1v) is 10.2. The summed E-state index contributed by atoms with van der Waals surface area (Å²) in [4.78, 5) is 19.6. The molecule has 7 nitrogen and oxygen atoms in total. The number of fused-ring (bicyclic) bond motifs is 2. The van der Waals surface area contributed by atoms with E-state index < -0.39 is 5.60 Å². The monoisotopic (exact) mass is 428 g/mol. The summed E-state index contributed by atoms with van der Waals surface area (Å²) >= 11 is 6.05. The van der Waals surface area contributed by atoms with Crippen molar-refractivity contribution in [2.45, 2.75) is 24.9 Å². The Morgan fingerprint density at radius 1 is 1.13 bits per heavy atom. The normalized spacial score (nSPS) is 17.7. The van der Waals surface area contributed by atoms with Crippen LogP contribution in [-0.4, -0.2) is 43.7 Å². The maximum absolute atomic E-state index is 13.0. The summed E-state index contributed by atoms with van der Waals surface area (Å²) in [6.07, 6.45) is 1.67. The summed E-state index contributed by atoms with van der Waals surface area (Å²) in [5, 5.41) is 0.624. The second-order valence-corrected chi connectivity index (χ2v) is 8.12. The van der Waals surface area contributed by atoms with Gasteiger partial charge in [-0.25, -0.2) is 0 Å². The number of ether oxygens (including phenoxy) is 3. The molecule has 0 radical (unpaired) electrons. The number of oxazole rings is 1. The topological polar surface area (TPSA) is 74.0 Å². The fourth-order valence-electron chi connectivity index (χ4n) is 4.26. The average molecular weight is 429 g/mol. The summed E-state index contributed by atoms with van der Waals surface area (Å²) in [7, 11) is 3.12. The molecule has 1 spiro atoms. The molecule has 3 heterocycles. The van der Waals surface area contributed by atoms with Crippen molar-refractivity contribution in [1.29, 1.82) is 0 Å². The molecule has 1 saturated heterocycles. The lowest BCUT2D eigenvalue weighted by atomic mass is 9.82. The summed E-state index contributed by atoms with van der Waals surface area (Å²) in [5.74, 6) is 1.62. The van der Waals surface area contributed by atoms with Crippen LogP contribution in [-0.2, 0) is 0 Å². The van der Waals surface area contributed by atoms with Crippen LogP contribution in [0.25, 0.3) is 11.1 Å². The molecule has 0 unspecified atom stereocenters. The highest BCUT2D eigenvalue weighted by Crippen LogP contribution is 2.45. The van der Waals surface area contributed by atoms with E-state index >= 15 is 0 Å². The van der Waals surface area contributed by atoms with Gasteiger partial charge in [-0.05, 0) is 18.2 Å². The zero-order valence-electron chi connectivity index (χ0n) is 16.7. The Morgan fingerprint density at radius 2 is 1.93 bits per heavy atom. The lowest BCUT2D eigenvalue weighted by Crippen LogP contribution is -2.51. The molecular weight excluding hydrogens is 408 g/mol. The number of ketones is 1. The van der Waals surface area contributed by atoms with Crippen LogP contribution in [0.5, 0.6) is 17.2 Å². The van der Waals surface area contributed by atoms with Crippen LogP contribution in [0.2, 0.25) is 5.02 Å². The lowest BCUT2D eigenvalue weighted by Gasteiger charge is -2.43. The van der Waals surface area contributed by atoms with Gasteiger partial charge in [0, 0.05) is 43.1 Å². The van der Waals surface area contributed by atoms with Gasteiger partial charge in [0.25, 0.3) is 6.01 Å². The molecule has 8 heteroatoms. The SMILES string of the molecule is COc1cc(OC)c2c(c1)OC1(CCN(c3nc4cc(Cl)ccc4o3)CC1)CC2=O. The van der Waals surface area contributed by atoms with E-state index in [-0.39, 0.29) is 5.78 Å². The Morgan fingerprint density at radius 3 is 2.67 bits per heavy atom. The molecule has 0 N–H and O–H groups in total. The van der Waals surface area contributed by atoms with Crippen molar-refractivity contribution in [2.75, 3.05) is 32.2 Å². The van der Waals surface area contributed by atoms with E-state index in [4.69, 9.17) is 30.2 Å². The van der Waals surface area contributed by atoms with E-state index in [1.54, 1.807) is 38.5 Å². The molecule has 2 aliphatic heterocycles. The van der Waals surface area contributed by atoms with Gasteiger partial charge in [0.1, 0.15) is 33.9 Å². The number of methoxy groups -OCH3 is 2. The number of aromatic nitrogens is 1. The van der Waals surface area contributed by atoms with Crippen molar-refractivity contribution in [2.24, 2.45) is 0 Å². The zero-order chi connectivity index (χ0) is 20.9. The van der Waals surface area contributed by atoms with E-state index in [2.05, 4.69) is 9.88 Å². The molecule has 1 aromatic heterocycles. The maximum Gasteiger partial charge on any atom is 0.298 e. The molecule has 30 heavy (non-hydrogen) atoms. The quantitative estimate of drug-likeness (QED) is 0.607. The predicted octanol–water partition coefficient (Wildman–Crippen LogP) is 4.50. The molecule has 0 atom stereocenters. The minimum atomic E-state index is -0.548. The van der Waals surface area contributed by atoms with Crippen molar-refractivity contribution in [3.8, 4) is 17.2 Å². The Balaban J connectivity index is 1.38. The number of rotatable bonds is 3. The van der Waals surface area contributed by atoms with Gasteiger partial charge in [-0.3, -0.25) is 4.79 Å². The summed E-state index contributed by atoms with van der Waals surface area (Å²) < 4.78 is 23.0. The first kappa shape index (κ1) is 19.1. The number of benzene rings is 2. The second-order valence-electron chi connectivity index (χ2n) is 7.68. The van der Waals surface area contributed by atoms with Crippen molar-refractivity contribution >= 4 is 34.5 Å². The highest BCUT2D eigenvalue weighted by molar-refractivity contribution is 6.31. The van der Waals surface area contributed by atoms with Crippen molar-refractivity contribution in [3.63, 3.8) is 0 Å². The van der Waals surface area contributed by atoms with Crippen molar-refractivity contribution in [3.05, 3.63) is 40.9 Å². The van der Waals surface area contributed by atoms with Gasteiger partial charge in [-0.15, -0.1) is 0 Å². The van der Waals surface area contributed by atoms with Crippen molar-refractivity contribution < 1.29 is 23.4 Å². The summed E-state index contributed by atoms with van der Waals surface area (Å²) in [6, 6.07) is 9.42. The van der Waals surface area contributed by atoms with Crippen LogP contribution in [0.3, 0.4) is 0 Å². The van der Waals surface area contributed by atoms with E-state index in [0.29, 0.717) is 71.8 Å². The fourth-order valence-corrected chi connectivity index (χ4v) is 4.42. The third-order valence-corrected chi connectivity index (χ3v) is 6.10. The van der Waals surface area contributed by atoms with E-state index in [0.717, 1.165) is 5.52 Å². The minimum Gasteiger partial charge on any atom is -0.496 e. The van der Waals surface area contributed by atoms with Gasteiger partial charge in [-0.2, -0.15) is 4.98 Å². The molecule has 0 saturated carbocycles. The highest BCUT2D eigenvalue weighted by atomic mass is 35.5. The first-order chi connectivity index (χ1) is 14.5. The number of nitrogens with zero attached hydrogens (tertiary/aromatic N) is 2. The largest absolute Gasteiger partial charge is 0.496 e. The molecule has 5 rings (SSSR count). The minimum absolute atomic E-state index is 0.0284. The van der Waals surface area contributed by atoms with E-state index in [1.807, 2.05) is 6.07 Å². The van der Waals surface area contributed by atoms with Crippen LogP contribution >= 0.6 is 11.6 Å². The van der Waals surface area contributed by atoms with Gasteiger partial charge in [0.05, 0.1) is 20.6 Å². The third-order valence-electron chi connectivity index (χ3n) is 5.87. The summed E-state index contributed by atoms with van der Waals surface area (Å²) in [5.41, 5.74) is 1.37. The first-order valence-electron chi connectivity index (χ1n) is 9.79. The summed E-state index contributed by atoms with van der Waals surface area (Å²) in [6.45, 7) is 1.34. The molecule has 1 fully saturated rings. The molecule has 2 aromatic carbocycles. The third kappa shape index (κ3) is 3.13. The van der Waals surface area contributed by atoms with Gasteiger partial charge in [0.2, 0.25) is 0 Å². The Bertz CT molecular complexity index is 1130. The number of anilines is 1. The zero-order valence-corrected chi connectivity index (χ0v) is 17.5. The predicted molar refractivity (Wildman–Crippen MR) is 112 cm³/mol. The standard InChI is InChI=1S/C22H21ClN2O5/c1-27-14-10-18(28-2)20-16(26)12-22(30-19(20)11-14)5-7-25(8-6-22)21-24-15-9-13(23)3-4-17(15)29-21/h3-4,9-11H,5-8,12H2,1-2H3. The van der Waals surface area contributed by atoms with Gasteiger partial charge >= 0.3 is 0 Å². The van der Waals surface area contributed by atoms with Gasteiger partial charge in [-0.1, -0.05) is 11.6 Å². The van der Waals surface area contributed by atoms with Crippen LogP contribution in [0.15, 0.2) is 34.7 Å². The Labute approximate surface area is 178 Å². The van der Waals surface area contributed by atoms with Crippen LogP contribution in [0, 0.1) is 0 Å². The lowest BCUT2D eigenvalue weighted by molar-refractivity contribution is 0.0220. The molecule has 2 aliphatic rings. The molecule has 0 bridgehead atoms. The number of carbonyl (C=O) groups excluding carboxylic acids is 1. The number of halogens is 1. The number of Topliss-reactive ketones (excluding diaryl/α,β-unsaturated/α-hetero) is 1. The van der Waals surface area contributed by atoms with E-state index in [9.17, 15) is 4.79 Å². The molecule has 156 valence electrons. The number of hydrogen-bond donors (Lipinski definition) is 0. The number of carbonyl (C=O) groups is 1. The maximum atomic E-state index is 13.0.